The van der Waals surface area contributed by atoms with Gasteiger partial charge in [-0.2, -0.15) is 0 Å². The topological polar surface area (TPSA) is 32.3 Å². The highest BCUT2D eigenvalue weighted by atomic mass is 16.2. The number of para-hydroxylation sites is 1. The first-order chi connectivity index (χ1) is 9.31. The van der Waals surface area contributed by atoms with Gasteiger partial charge in [0.1, 0.15) is 0 Å². The van der Waals surface area contributed by atoms with E-state index in [-0.39, 0.29) is 5.91 Å². The maximum atomic E-state index is 12.4. The Balaban J connectivity index is 1.90. The van der Waals surface area contributed by atoms with E-state index < -0.39 is 0 Å². The lowest BCUT2D eigenvalue weighted by Crippen LogP contribution is -2.42. The maximum absolute atomic E-state index is 12.4. The summed E-state index contributed by atoms with van der Waals surface area (Å²) in [6, 6.07) is 10.4. The summed E-state index contributed by atoms with van der Waals surface area (Å²) in [4.78, 5) is 14.4. The largest absolute Gasteiger partial charge is 0.376 e. The van der Waals surface area contributed by atoms with E-state index in [4.69, 9.17) is 0 Å². The van der Waals surface area contributed by atoms with Crippen molar-refractivity contribution in [2.24, 2.45) is 0 Å². The van der Waals surface area contributed by atoms with Gasteiger partial charge in [0.05, 0.1) is 6.54 Å². The molecule has 1 heterocycles. The molecule has 1 unspecified atom stereocenters. The first-order valence-electron chi connectivity index (χ1n) is 7.39. The molecular weight excluding hydrogens is 236 g/mol. The molecule has 1 saturated heterocycles. The lowest BCUT2D eigenvalue weighted by Gasteiger charge is -2.29. The average molecular weight is 260 g/mol. The molecule has 1 N–H and O–H groups in total. The van der Waals surface area contributed by atoms with Gasteiger partial charge in [-0.15, -0.1) is 0 Å². The van der Waals surface area contributed by atoms with Gasteiger partial charge in [-0.05, 0) is 31.4 Å². The molecule has 1 atom stereocenters. The van der Waals surface area contributed by atoms with Gasteiger partial charge in [-0.25, -0.2) is 0 Å². The molecule has 0 saturated carbocycles. The number of hydrogen-bond acceptors (Lipinski definition) is 2. The van der Waals surface area contributed by atoms with E-state index in [9.17, 15) is 4.79 Å². The van der Waals surface area contributed by atoms with Crippen LogP contribution in [-0.2, 0) is 4.79 Å². The summed E-state index contributed by atoms with van der Waals surface area (Å²) >= 11 is 0. The number of hydrogen-bond donors (Lipinski definition) is 1. The van der Waals surface area contributed by atoms with Crippen molar-refractivity contribution >= 4 is 11.6 Å². The molecule has 3 nitrogen and oxygen atoms in total. The smallest absolute Gasteiger partial charge is 0.242 e. The zero-order chi connectivity index (χ0) is 13.5. The number of likely N-dealkylation sites (tertiary alicyclic amines) is 1. The molecule has 1 fully saturated rings. The fraction of sp³-hybridized carbons (Fsp3) is 0.562. The summed E-state index contributed by atoms with van der Waals surface area (Å²) in [6.45, 7) is 3.51. The third-order valence-corrected chi connectivity index (χ3v) is 3.89. The average Bonchev–Trinajstić information content (AvgIpc) is 2.71. The summed E-state index contributed by atoms with van der Waals surface area (Å²) in [5, 5.41) is 3.22. The van der Waals surface area contributed by atoms with Crippen molar-refractivity contribution in [3.05, 3.63) is 30.3 Å². The van der Waals surface area contributed by atoms with Gasteiger partial charge in [0, 0.05) is 18.3 Å². The molecule has 3 heteroatoms. The zero-order valence-electron chi connectivity index (χ0n) is 11.8. The van der Waals surface area contributed by atoms with Crippen LogP contribution in [0.5, 0.6) is 0 Å². The zero-order valence-corrected chi connectivity index (χ0v) is 11.8. The van der Waals surface area contributed by atoms with E-state index in [0.29, 0.717) is 12.6 Å². The van der Waals surface area contributed by atoms with Crippen LogP contribution in [0.4, 0.5) is 5.69 Å². The Morgan fingerprint density at radius 2 is 2.05 bits per heavy atom. The summed E-state index contributed by atoms with van der Waals surface area (Å²) in [5.41, 5.74) is 1.01. The van der Waals surface area contributed by atoms with E-state index in [1.807, 2.05) is 30.3 Å². The quantitative estimate of drug-likeness (QED) is 0.901. The Kier molecular flexibility index (Phi) is 5.25. The van der Waals surface area contributed by atoms with Gasteiger partial charge in [-0.3, -0.25) is 4.79 Å². The van der Waals surface area contributed by atoms with Gasteiger partial charge in [0.25, 0.3) is 0 Å². The van der Waals surface area contributed by atoms with Crippen LogP contribution in [0.2, 0.25) is 0 Å². The van der Waals surface area contributed by atoms with Crippen molar-refractivity contribution in [2.45, 2.75) is 45.1 Å². The number of rotatable bonds is 4. The Labute approximate surface area is 116 Å². The Morgan fingerprint density at radius 1 is 1.26 bits per heavy atom. The van der Waals surface area contributed by atoms with Crippen LogP contribution in [0.25, 0.3) is 0 Å². The Hall–Kier alpha value is -1.51. The second kappa shape index (κ2) is 7.17. The molecule has 19 heavy (non-hydrogen) atoms. The number of nitrogens with one attached hydrogen (secondary N) is 1. The maximum Gasteiger partial charge on any atom is 0.242 e. The summed E-state index contributed by atoms with van der Waals surface area (Å²) in [6.07, 6.45) is 5.89. The predicted octanol–water partition coefficient (Wildman–Crippen LogP) is 3.28. The van der Waals surface area contributed by atoms with Crippen molar-refractivity contribution in [1.29, 1.82) is 0 Å². The molecule has 0 radical (unpaired) electrons. The Bertz CT molecular complexity index is 391. The molecule has 1 aromatic carbocycles. The fourth-order valence-electron chi connectivity index (χ4n) is 2.77. The first kappa shape index (κ1) is 13.9. The van der Waals surface area contributed by atoms with Crippen molar-refractivity contribution in [3.63, 3.8) is 0 Å². The molecule has 1 aliphatic rings. The van der Waals surface area contributed by atoms with Crippen LogP contribution in [0, 0.1) is 0 Å². The highest BCUT2D eigenvalue weighted by Gasteiger charge is 2.23. The standard InChI is InChI=1S/C16H24N2O/c1-2-15-11-7-4-8-12-18(15)16(19)13-17-14-9-5-3-6-10-14/h3,5-6,9-10,15,17H,2,4,7-8,11-13H2,1H3. The lowest BCUT2D eigenvalue weighted by molar-refractivity contribution is -0.131. The number of anilines is 1. The lowest BCUT2D eigenvalue weighted by atomic mass is 10.1. The SMILES string of the molecule is CCC1CCCCCN1C(=O)CNc1ccccc1. The van der Waals surface area contributed by atoms with Crippen LogP contribution in [0.15, 0.2) is 30.3 Å². The minimum Gasteiger partial charge on any atom is -0.376 e. The second-order valence-corrected chi connectivity index (χ2v) is 5.22. The molecule has 1 amide bonds. The molecule has 0 aliphatic carbocycles. The minimum atomic E-state index is 0.234. The van der Waals surface area contributed by atoms with Crippen LogP contribution < -0.4 is 5.32 Å². The van der Waals surface area contributed by atoms with Crippen LogP contribution in [-0.4, -0.2) is 29.9 Å². The van der Waals surface area contributed by atoms with Crippen LogP contribution >= 0.6 is 0 Å². The summed E-state index contributed by atoms with van der Waals surface area (Å²) in [7, 11) is 0. The first-order valence-corrected chi connectivity index (χ1v) is 7.39. The monoisotopic (exact) mass is 260 g/mol. The van der Waals surface area contributed by atoms with Gasteiger partial charge in [0.15, 0.2) is 0 Å². The van der Waals surface area contributed by atoms with E-state index in [1.165, 1.54) is 12.8 Å². The highest BCUT2D eigenvalue weighted by Crippen LogP contribution is 2.19. The molecule has 0 bridgehead atoms. The van der Waals surface area contributed by atoms with Gasteiger partial charge in [-0.1, -0.05) is 38.0 Å². The third kappa shape index (κ3) is 3.98. The molecular formula is C16H24N2O. The molecule has 0 aromatic heterocycles. The Morgan fingerprint density at radius 3 is 2.79 bits per heavy atom. The van der Waals surface area contributed by atoms with Crippen LogP contribution in [0.3, 0.4) is 0 Å². The highest BCUT2D eigenvalue weighted by molar-refractivity contribution is 5.81. The van der Waals surface area contributed by atoms with E-state index in [2.05, 4.69) is 17.1 Å². The van der Waals surface area contributed by atoms with Gasteiger partial charge in [0.2, 0.25) is 5.91 Å². The molecule has 1 aliphatic heterocycles. The minimum absolute atomic E-state index is 0.234. The van der Waals surface area contributed by atoms with Crippen molar-refractivity contribution in [1.82, 2.24) is 4.90 Å². The second-order valence-electron chi connectivity index (χ2n) is 5.22. The van der Waals surface area contributed by atoms with Crippen molar-refractivity contribution in [3.8, 4) is 0 Å². The van der Waals surface area contributed by atoms with Crippen molar-refractivity contribution < 1.29 is 4.79 Å². The van der Waals surface area contributed by atoms with E-state index >= 15 is 0 Å². The molecule has 2 rings (SSSR count). The van der Waals surface area contributed by atoms with Crippen molar-refractivity contribution in [2.75, 3.05) is 18.4 Å². The van der Waals surface area contributed by atoms with Gasteiger partial charge < -0.3 is 10.2 Å². The number of benzene rings is 1. The number of amides is 1. The number of nitrogens with zero attached hydrogens (tertiary/aromatic N) is 1. The summed E-state index contributed by atoms with van der Waals surface area (Å²) < 4.78 is 0. The normalized spacial score (nSPS) is 19.8. The van der Waals surface area contributed by atoms with Gasteiger partial charge >= 0.3 is 0 Å². The molecule has 1 aromatic rings. The fourth-order valence-corrected chi connectivity index (χ4v) is 2.77. The molecule has 0 spiro atoms. The predicted molar refractivity (Wildman–Crippen MR) is 79.2 cm³/mol. The number of carbonyl (C=O) groups is 1. The third-order valence-electron chi connectivity index (χ3n) is 3.89. The summed E-state index contributed by atoms with van der Waals surface area (Å²) in [5.74, 6) is 0.234. The van der Waals surface area contributed by atoms with Crippen LogP contribution in [0.1, 0.15) is 39.0 Å². The molecule has 104 valence electrons. The van der Waals surface area contributed by atoms with E-state index in [0.717, 1.165) is 31.5 Å². The number of carbonyl (C=O) groups excluding carboxylic acids is 1. The van der Waals surface area contributed by atoms with E-state index in [1.54, 1.807) is 0 Å².